The third kappa shape index (κ3) is 3.81. The minimum absolute atomic E-state index is 0.0851. The lowest BCUT2D eigenvalue weighted by atomic mass is 10.2. The second-order valence-corrected chi connectivity index (χ2v) is 8.38. The smallest absolute Gasteiger partial charge is 0.352 e. The van der Waals surface area contributed by atoms with Gasteiger partial charge in [0.25, 0.3) is 0 Å². The molecule has 8 nitrogen and oxygen atoms in total. The summed E-state index contributed by atoms with van der Waals surface area (Å²) < 4.78 is 48.2. The monoisotopic (exact) mass is 324 g/mol. The lowest BCUT2D eigenvalue weighted by Crippen LogP contribution is -2.29. The van der Waals surface area contributed by atoms with E-state index in [1.165, 1.54) is 13.8 Å². The van der Waals surface area contributed by atoms with Gasteiger partial charge in [0.1, 0.15) is 20.4 Å². The highest BCUT2D eigenvalue weighted by Gasteiger charge is 2.26. The SMILES string of the molecule is Cc1[nH]c(C(=O)O)c(C)c1S(=O)(=O)NCCS(C)(=O)=O. The van der Waals surface area contributed by atoms with E-state index in [0.29, 0.717) is 0 Å². The summed E-state index contributed by atoms with van der Waals surface area (Å²) in [6, 6.07) is 0. The summed E-state index contributed by atoms with van der Waals surface area (Å²) in [5, 5.41) is 8.93. The molecule has 0 aliphatic carbocycles. The average Bonchev–Trinajstić information content (AvgIpc) is 2.52. The van der Waals surface area contributed by atoms with Crippen LogP contribution in [0.1, 0.15) is 21.7 Å². The highest BCUT2D eigenvalue weighted by molar-refractivity contribution is 7.91. The van der Waals surface area contributed by atoms with Gasteiger partial charge in [-0.25, -0.2) is 26.4 Å². The molecule has 0 aromatic carbocycles. The molecule has 0 spiro atoms. The predicted molar refractivity (Wildman–Crippen MR) is 72.1 cm³/mol. The molecular formula is C10H16N2O6S2. The van der Waals surface area contributed by atoms with E-state index in [2.05, 4.69) is 9.71 Å². The van der Waals surface area contributed by atoms with Crippen LogP contribution in [0.15, 0.2) is 4.90 Å². The molecule has 0 saturated carbocycles. The zero-order valence-corrected chi connectivity index (χ0v) is 12.9. The van der Waals surface area contributed by atoms with Crippen molar-refractivity contribution < 1.29 is 26.7 Å². The number of aromatic carboxylic acids is 1. The van der Waals surface area contributed by atoms with Crippen molar-refractivity contribution in [2.45, 2.75) is 18.7 Å². The van der Waals surface area contributed by atoms with E-state index in [-0.39, 0.29) is 34.1 Å². The molecule has 20 heavy (non-hydrogen) atoms. The zero-order chi connectivity index (χ0) is 15.7. The Morgan fingerprint density at radius 2 is 1.80 bits per heavy atom. The van der Waals surface area contributed by atoms with Gasteiger partial charge in [-0.15, -0.1) is 0 Å². The van der Waals surface area contributed by atoms with E-state index in [0.717, 1.165) is 6.26 Å². The van der Waals surface area contributed by atoms with Crippen LogP contribution in [0.4, 0.5) is 0 Å². The second kappa shape index (κ2) is 5.54. The third-order valence-corrected chi connectivity index (χ3v) is 5.30. The number of nitrogens with one attached hydrogen (secondary N) is 2. The molecule has 0 amide bonds. The van der Waals surface area contributed by atoms with Crippen molar-refractivity contribution in [3.8, 4) is 0 Å². The van der Waals surface area contributed by atoms with Crippen LogP contribution in [0.2, 0.25) is 0 Å². The van der Waals surface area contributed by atoms with Gasteiger partial charge in [0.05, 0.1) is 5.75 Å². The normalized spacial score (nSPS) is 12.6. The van der Waals surface area contributed by atoms with Crippen LogP contribution >= 0.6 is 0 Å². The molecule has 1 heterocycles. The molecule has 1 aromatic heterocycles. The van der Waals surface area contributed by atoms with E-state index in [4.69, 9.17) is 5.11 Å². The Labute approximate surface area is 117 Å². The number of carboxylic acids is 1. The summed E-state index contributed by atoms with van der Waals surface area (Å²) in [5.74, 6) is -1.59. The van der Waals surface area contributed by atoms with Crippen LogP contribution in [0.5, 0.6) is 0 Å². The maximum atomic E-state index is 12.1. The van der Waals surface area contributed by atoms with Gasteiger partial charge in [-0.05, 0) is 13.8 Å². The van der Waals surface area contributed by atoms with Crippen molar-refractivity contribution in [2.75, 3.05) is 18.6 Å². The first-order chi connectivity index (χ1) is 8.96. The van der Waals surface area contributed by atoms with Crippen molar-refractivity contribution in [1.29, 1.82) is 0 Å². The quantitative estimate of drug-likeness (QED) is 0.655. The van der Waals surface area contributed by atoms with Gasteiger partial charge in [0.15, 0.2) is 0 Å². The van der Waals surface area contributed by atoms with Crippen LogP contribution in [-0.2, 0) is 19.9 Å². The first kappa shape index (κ1) is 16.7. The molecule has 0 bridgehead atoms. The standard InChI is InChI=1S/C10H16N2O6S2/c1-6-8(10(13)14)12-7(2)9(6)20(17,18)11-4-5-19(3,15)16/h11-12H,4-5H2,1-3H3,(H,13,14). The summed E-state index contributed by atoms with van der Waals surface area (Å²) in [4.78, 5) is 13.3. The van der Waals surface area contributed by atoms with E-state index in [1.54, 1.807) is 0 Å². The molecule has 0 aliphatic rings. The highest BCUT2D eigenvalue weighted by atomic mass is 32.2. The van der Waals surface area contributed by atoms with Gasteiger partial charge in [0.2, 0.25) is 10.0 Å². The maximum absolute atomic E-state index is 12.1. The summed E-state index contributed by atoms with van der Waals surface area (Å²) >= 11 is 0. The number of aromatic amines is 1. The molecule has 1 aromatic rings. The van der Waals surface area contributed by atoms with Crippen molar-refractivity contribution in [1.82, 2.24) is 9.71 Å². The maximum Gasteiger partial charge on any atom is 0.352 e. The Kier molecular flexibility index (Phi) is 4.62. The molecule has 0 atom stereocenters. The molecule has 1 rings (SSSR count). The fourth-order valence-corrected chi connectivity index (χ4v) is 3.86. The van der Waals surface area contributed by atoms with Gasteiger partial charge in [-0.3, -0.25) is 0 Å². The fourth-order valence-electron chi connectivity index (χ4n) is 1.78. The summed E-state index contributed by atoms with van der Waals surface area (Å²) in [6.45, 7) is 2.54. The van der Waals surface area contributed by atoms with Crippen LogP contribution in [-0.4, -0.2) is 51.4 Å². The molecule has 114 valence electrons. The molecule has 3 N–H and O–H groups in total. The predicted octanol–water partition coefficient (Wildman–Crippen LogP) is -0.347. The van der Waals surface area contributed by atoms with Crippen molar-refractivity contribution in [3.63, 3.8) is 0 Å². The lowest BCUT2D eigenvalue weighted by Gasteiger charge is -2.07. The summed E-state index contributed by atoms with van der Waals surface area (Å²) in [5.41, 5.74) is 0.0691. The Morgan fingerprint density at radius 3 is 2.20 bits per heavy atom. The van der Waals surface area contributed by atoms with E-state index >= 15 is 0 Å². The zero-order valence-electron chi connectivity index (χ0n) is 11.2. The summed E-state index contributed by atoms with van der Waals surface area (Å²) in [6.07, 6.45) is 0.997. The van der Waals surface area contributed by atoms with E-state index in [9.17, 15) is 21.6 Å². The largest absolute Gasteiger partial charge is 0.477 e. The minimum atomic E-state index is -3.97. The van der Waals surface area contributed by atoms with E-state index in [1.807, 2.05) is 0 Å². The Bertz CT molecular complexity index is 730. The highest BCUT2D eigenvalue weighted by Crippen LogP contribution is 2.22. The van der Waals surface area contributed by atoms with Crippen LogP contribution in [0.3, 0.4) is 0 Å². The first-order valence-electron chi connectivity index (χ1n) is 5.55. The molecule has 0 fully saturated rings. The molecular weight excluding hydrogens is 308 g/mol. The number of sulfonamides is 1. The number of aryl methyl sites for hydroxylation is 1. The average molecular weight is 324 g/mol. The Balaban J connectivity index is 3.08. The van der Waals surface area contributed by atoms with Crippen molar-refractivity contribution in [3.05, 3.63) is 17.0 Å². The van der Waals surface area contributed by atoms with E-state index < -0.39 is 25.8 Å². The number of carboxylic acid groups (broad SMARTS) is 1. The first-order valence-corrected chi connectivity index (χ1v) is 9.10. The van der Waals surface area contributed by atoms with Gasteiger partial charge < -0.3 is 10.1 Å². The van der Waals surface area contributed by atoms with Gasteiger partial charge in [-0.1, -0.05) is 0 Å². The molecule has 10 heteroatoms. The topological polar surface area (TPSA) is 133 Å². The molecule has 0 unspecified atom stereocenters. The van der Waals surface area contributed by atoms with Gasteiger partial charge in [0, 0.05) is 24.1 Å². The molecule has 0 saturated heterocycles. The number of sulfone groups is 1. The Hall–Kier alpha value is -1.39. The number of H-pyrrole nitrogens is 1. The Morgan fingerprint density at radius 1 is 1.25 bits per heavy atom. The second-order valence-electron chi connectivity index (χ2n) is 4.41. The lowest BCUT2D eigenvalue weighted by molar-refractivity contribution is 0.0690. The number of hydrogen-bond donors (Lipinski definition) is 3. The number of rotatable bonds is 6. The minimum Gasteiger partial charge on any atom is -0.477 e. The van der Waals surface area contributed by atoms with Gasteiger partial charge in [-0.2, -0.15) is 0 Å². The van der Waals surface area contributed by atoms with Gasteiger partial charge >= 0.3 is 5.97 Å². The number of carbonyl (C=O) groups is 1. The molecule has 0 aliphatic heterocycles. The molecule has 0 radical (unpaired) electrons. The fraction of sp³-hybridized carbons (Fsp3) is 0.500. The number of hydrogen-bond acceptors (Lipinski definition) is 5. The summed E-state index contributed by atoms with van der Waals surface area (Å²) in [7, 11) is -7.25. The van der Waals surface area contributed by atoms with Crippen molar-refractivity contribution >= 4 is 25.8 Å². The van der Waals surface area contributed by atoms with Crippen molar-refractivity contribution in [2.24, 2.45) is 0 Å². The van der Waals surface area contributed by atoms with Crippen LogP contribution in [0, 0.1) is 13.8 Å². The number of aromatic nitrogens is 1. The van der Waals surface area contributed by atoms with Crippen LogP contribution in [0.25, 0.3) is 0 Å². The third-order valence-electron chi connectivity index (χ3n) is 2.62. The van der Waals surface area contributed by atoms with Crippen LogP contribution < -0.4 is 4.72 Å².